The van der Waals surface area contributed by atoms with Gasteiger partial charge in [-0.1, -0.05) is 18.2 Å². The summed E-state index contributed by atoms with van der Waals surface area (Å²) in [5.74, 6) is 0.489. The van der Waals surface area contributed by atoms with E-state index in [1.54, 1.807) is 6.20 Å². The molecule has 0 N–H and O–H groups in total. The van der Waals surface area contributed by atoms with Gasteiger partial charge in [0.1, 0.15) is 11.5 Å². The fourth-order valence-corrected chi connectivity index (χ4v) is 3.93. The van der Waals surface area contributed by atoms with Crippen LogP contribution in [-0.4, -0.2) is 33.3 Å². The molecule has 0 radical (unpaired) electrons. The van der Waals surface area contributed by atoms with Gasteiger partial charge in [0.25, 0.3) is 0 Å². The molecule has 1 fully saturated rings. The summed E-state index contributed by atoms with van der Waals surface area (Å²) in [6.07, 6.45) is 8.30. The van der Waals surface area contributed by atoms with Crippen molar-refractivity contribution in [2.75, 3.05) is 13.1 Å². The maximum absolute atomic E-state index is 13.0. The van der Waals surface area contributed by atoms with Crippen molar-refractivity contribution in [3.63, 3.8) is 0 Å². The summed E-state index contributed by atoms with van der Waals surface area (Å²) >= 11 is 0. The SMILES string of the molecule is O=C(Cc1cnc2ccccn12)N1CCC[C@@H](CCc2ccc(F)cc2)C1. The Kier molecular flexibility index (Phi) is 5.19. The first-order valence-electron chi connectivity index (χ1n) is 9.62. The summed E-state index contributed by atoms with van der Waals surface area (Å²) in [6, 6.07) is 12.6. The van der Waals surface area contributed by atoms with E-state index in [1.807, 2.05) is 45.8 Å². The van der Waals surface area contributed by atoms with Gasteiger partial charge in [0.2, 0.25) is 5.91 Å². The summed E-state index contributed by atoms with van der Waals surface area (Å²) in [7, 11) is 0. The predicted molar refractivity (Wildman–Crippen MR) is 103 cm³/mol. The molecule has 0 unspecified atom stereocenters. The molecule has 1 aliphatic rings. The van der Waals surface area contributed by atoms with E-state index in [0.29, 0.717) is 12.3 Å². The Bertz CT molecular complexity index is 919. The van der Waals surface area contributed by atoms with Gasteiger partial charge in [-0.15, -0.1) is 0 Å². The Labute approximate surface area is 158 Å². The van der Waals surface area contributed by atoms with Crippen molar-refractivity contribution in [1.82, 2.24) is 14.3 Å². The van der Waals surface area contributed by atoms with E-state index in [0.717, 1.165) is 55.7 Å². The molecule has 1 atom stereocenters. The third kappa shape index (κ3) is 4.18. The molecule has 140 valence electrons. The zero-order chi connectivity index (χ0) is 18.6. The van der Waals surface area contributed by atoms with Gasteiger partial charge in [0, 0.05) is 25.5 Å². The van der Waals surface area contributed by atoms with Gasteiger partial charge < -0.3 is 9.30 Å². The van der Waals surface area contributed by atoms with Gasteiger partial charge >= 0.3 is 0 Å². The van der Waals surface area contributed by atoms with Crippen LogP contribution in [-0.2, 0) is 17.6 Å². The number of aryl methyl sites for hydroxylation is 1. The second-order valence-electron chi connectivity index (χ2n) is 7.37. The third-order valence-corrected chi connectivity index (χ3v) is 5.45. The van der Waals surface area contributed by atoms with Crippen LogP contribution < -0.4 is 0 Å². The smallest absolute Gasteiger partial charge is 0.228 e. The molecule has 27 heavy (non-hydrogen) atoms. The molecule has 1 aliphatic heterocycles. The first kappa shape index (κ1) is 17.7. The number of hydrogen-bond donors (Lipinski definition) is 0. The molecule has 4 nitrogen and oxygen atoms in total. The lowest BCUT2D eigenvalue weighted by Crippen LogP contribution is -2.41. The maximum atomic E-state index is 13.0. The van der Waals surface area contributed by atoms with Crippen LogP contribution in [0.15, 0.2) is 54.9 Å². The largest absolute Gasteiger partial charge is 0.342 e. The van der Waals surface area contributed by atoms with Gasteiger partial charge in [0.15, 0.2) is 0 Å². The van der Waals surface area contributed by atoms with Crippen LogP contribution in [0.3, 0.4) is 0 Å². The van der Waals surface area contributed by atoms with Crippen molar-refractivity contribution < 1.29 is 9.18 Å². The first-order chi connectivity index (χ1) is 13.2. The van der Waals surface area contributed by atoms with Crippen LogP contribution in [0.25, 0.3) is 5.65 Å². The Balaban J connectivity index is 1.34. The number of rotatable bonds is 5. The average molecular weight is 365 g/mol. The quantitative estimate of drug-likeness (QED) is 0.688. The number of pyridine rings is 1. The summed E-state index contributed by atoms with van der Waals surface area (Å²) in [5.41, 5.74) is 2.96. The molecular formula is C22H24FN3O. The highest BCUT2D eigenvalue weighted by atomic mass is 19.1. The van der Waals surface area contributed by atoms with E-state index in [9.17, 15) is 9.18 Å². The number of fused-ring (bicyclic) bond motifs is 1. The summed E-state index contributed by atoms with van der Waals surface area (Å²) in [6.45, 7) is 1.65. The lowest BCUT2D eigenvalue weighted by molar-refractivity contribution is -0.132. The lowest BCUT2D eigenvalue weighted by Gasteiger charge is -2.33. The molecule has 0 spiro atoms. The lowest BCUT2D eigenvalue weighted by atomic mass is 9.91. The highest BCUT2D eigenvalue weighted by molar-refractivity contribution is 5.78. The Morgan fingerprint density at radius 1 is 1.19 bits per heavy atom. The molecule has 2 aromatic heterocycles. The first-order valence-corrected chi connectivity index (χ1v) is 9.62. The second-order valence-corrected chi connectivity index (χ2v) is 7.37. The number of nitrogens with zero attached hydrogens (tertiary/aromatic N) is 3. The van der Waals surface area contributed by atoms with Crippen molar-refractivity contribution in [2.24, 2.45) is 5.92 Å². The van der Waals surface area contributed by atoms with Gasteiger partial charge in [0.05, 0.1) is 12.1 Å². The number of halogens is 1. The van der Waals surface area contributed by atoms with Crippen LogP contribution in [0.5, 0.6) is 0 Å². The van der Waals surface area contributed by atoms with E-state index in [1.165, 1.54) is 12.1 Å². The molecule has 1 aromatic carbocycles. The minimum absolute atomic E-state index is 0.173. The minimum atomic E-state index is -0.194. The molecule has 1 saturated heterocycles. The number of hydrogen-bond acceptors (Lipinski definition) is 2. The average Bonchev–Trinajstić information content (AvgIpc) is 3.11. The fraction of sp³-hybridized carbons (Fsp3) is 0.364. The number of carbonyl (C=O) groups is 1. The standard InChI is InChI=1S/C22H24FN3O/c23-19-10-8-17(9-11-19)6-7-18-4-3-12-25(16-18)22(27)14-20-15-24-21-5-1-2-13-26(20)21/h1-2,5,8-11,13,15,18H,3-4,6-7,12,14,16H2/t18-/m0/s1. The van der Waals surface area contributed by atoms with Gasteiger partial charge in [-0.25, -0.2) is 9.37 Å². The highest BCUT2D eigenvalue weighted by Gasteiger charge is 2.24. The van der Waals surface area contributed by atoms with Crippen LogP contribution in [0.1, 0.15) is 30.5 Å². The van der Waals surface area contributed by atoms with Crippen molar-refractivity contribution in [2.45, 2.75) is 32.1 Å². The minimum Gasteiger partial charge on any atom is -0.342 e. The van der Waals surface area contributed by atoms with Crippen LogP contribution >= 0.6 is 0 Å². The number of imidazole rings is 1. The molecular weight excluding hydrogens is 341 g/mol. The molecule has 0 saturated carbocycles. The fourth-order valence-electron chi connectivity index (χ4n) is 3.93. The number of carbonyl (C=O) groups excluding carboxylic acids is 1. The maximum Gasteiger partial charge on any atom is 0.228 e. The summed E-state index contributed by atoms with van der Waals surface area (Å²) < 4.78 is 15.0. The number of aromatic nitrogens is 2. The van der Waals surface area contributed by atoms with E-state index in [4.69, 9.17) is 0 Å². The van der Waals surface area contributed by atoms with E-state index < -0.39 is 0 Å². The zero-order valence-corrected chi connectivity index (χ0v) is 15.4. The van der Waals surface area contributed by atoms with Crippen LogP contribution in [0.4, 0.5) is 4.39 Å². The monoisotopic (exact) mass is 365 g/mol. The second kappa shape index (κ2) is 7.91. The third-order valence-electron chi connectivity index (χ3n) is 5.45. The van der Waals surface area contributed by atoms with Crippen molar-refractivity contribution in [3.05, 3.63) is 71.9 Å². The van der Waals surface area contributed by atoms with Gasteiger partial charge in [-0.05, 0) is 61.4 Å². The van der Waals surface area contributed by atoms with E-state index in [2.05, 4.69) is 4.98 Å². The molecule has 3 aromatic rings. The number of amides is 1. The van der Waals surface area contributed by atoms with Crippen molar-refractivity contribution in [3.8, 4) is 0 Å². The zero-order valence-electron chi connectivity index (χ0n) is 15.4. The topological polar surface area (TPSA) is 37.6 Å². The molecule has 5 heteroatoms. The molecule has 4 rings (SSSR count). The molecule has 0 bridgehead atoms. The normalized spacial score (nSPS) is 17.4. The summed E-state index contributed by atoms with van der Waals surface area (Å²) in [4.78, 5) is 19.2. The number of likely N-dealkylation sites (tertiary alicyclic amines) is 1. The van der Waals surface area contributed by atoms with Crippen LogP contribution in [0.2, 0.25) is 0 Å². The van der Waals surface area contributed by atoms with Crippen molar-refractivity contribution in [1.29, 1.82) is 0 Å². The van der Waals surface area contributed by atoms with Gasteiger partial charge in [-0.2, -0.15) is 0 Å². The van der Waals surface area contributed by atoms with Crippen LogP contribution in [0, 0.1) is 11.7 Å². The molecule has 3 heterocycles. The Morgan fingerprint density at radius 2 is 2.04 bits per heavy atom. The molecule has 1 amide bonds. The molecule has 0 aliphatic carbocycles. The van der Waals surface area contributed by atoms with E-state index >= 15 is 0 Å². The summed E-state index contributed by atoms with van der Waals surface area (Å²) in [5, 5.41) is 0. The van der Waals surface area contributed by atoms with Crippen molar-refractivity contribution >= 4 is 11.6 Å². The Morgan fingerprint density at radius 3 is 2.89 bits per heavy atom. The highest BCUT2D eigenvalue weighted by Crippen LogP contribution is 2.22. The van der Waals surface area contributed by atoms with E-state index in [-0.39, 0.29) is 11.7 Å². The number of benzene rings is 1. The number of piperidine rings is 1. The van der Waals surface area contributed by atoms with Gasteiger partial charge in [-0.3, -0.25) is 4.79 Å². The predicted octanol–water partition coefficient (Wildman–Crippen LogP) is 3.89. The Hall–Kier alpha value is -2.69.